The summed E-state index contributed by atoms with van der Waals surface area (Å²) in [5.41, 5.74) is -0.651. The lowest BCUT2D eigenvalue weighted by molar-refractivity contribution is -0.790. The van der Waals surface area contributed by atoms with Gasteiger partial charge in [-0.05, 0) is 39.0 Å². The number of nitrogens with zero attached hydrogens (tertiary/aromatic N) is 2. The number of carbonyl (C=O) groups excluding carboxylic acids is 1. The Labute approximate surface area is 139 Å². The standard InChI is InChI=1S/C13H24N2O9/c1-10(2)13(3,4)23-12(16)21-8-6-5-7-11(24-15(19)20)9-22-14(17)18/h10-11H,5-9H2,1-4H3/t11-/m1/s1. The summed E-state index contributed by atoms with van der Waals surface area (Å²) in [5, 5.41) is 18.3. The van der Waals surface area contributed by atoms with Crippen LogP contribution in [0.15, 0.2) is 0 Å². The lowest BCUT2D eigenvalue weighted by Crippen LogP contribution is -2.34. The highest BCUT2D eigenvalue weighted by molar-refractivity contribution is 5.60. The number of unbranched alkanes of at least 4 members (excludes halogenated alkanes) is 1. The largest absolute Gasteiger partial charge is 0.508 e. The van der Waals surface area contributed by atoms with Gasteiger partial charge in [-0.2, -0.15) is 0 Å². The molecular weight excluding hydrogens is 328 g/mol. The van der Waals surface area contributed by atoms with E-state index < -0.39 is 34.6 Å². The van der Waals surface area contributed by atoms with Gasteiger partial charge in [0.05, 0.1) is 6.61 Å². The van der Waals surface area contributed by atoms with E-state index in [-0.39, 0.29) is 18.9 Å². The quantitative estimate of drug-likeness (QED) is 0.224. The van der Waals surface area contributed by atoms with Crippen molar-refractivity contribution in [1.82, 2.24) is 0 Å². The molecule has 0 bridgehead atoms. The molecule has 0 aromatic heterocycles. The zero-order valence-electron chi connectivity index (χ0n) is 14.3. The fourth-order valence-electron chi connectivity index (χ4n) is 1.42. The van der Waals surface area contributed by atoms with Crippen molar-refractivity contribution in [2.75, 3.05) is 13.2 Å². The summed E-state index contributed by atoms with van der Waals surface area (Å²) in [5.74, 6) is 0.117. The van der Waals surface area contributed by atoms with Crippen molar-refractivity contribution >= 4 is 6.16 Å². The van der Waals surface area contributed by atoms with Gasteiger partial charge >= 0.3 is 6.16 Å². The molecule has 11 nitrogen and oxygen atoms in total. The average Bonchev–Trinajstić information content (AvgIpc) is 2.42. The van der Waals surface area contributed by atoms with E-state index in [1.807, 2.05) is 13.8 Å². The first-order chi connectivity index (χ1) is 11.0. The van der Waals surface area contributed by atoms with E-state index >= 15 is 0 Å². The number of carbonyl (C=O) groups is 1. The molecule has 0 saturated heterocycles. The minimum Gasteiger partial charge on any atom is -0.434 e. The molecular formula is C13H24N2O9. The van der Waals surface area contributed by atoms with Crippen LogP contribution in [0.2, 0.25) is 0 Å². The Balaban J connectivity index is 4.01. The van der Waals surface area contributed by atoms with Crippen LogP contribution in [-0.4, -0.2) is 41.2 Å². The maximum atomic E-state index is 11.5. The highest BCUT2D eigenvalue weighted by Crippen LogP contribution is 2.21. The molecule has 0 spiro atoms. The molecule has 0 heterocycles. The van der Waals surface area contributed by atoms with Crippen molar-refractivity contribution in [3.63, 3.8) is 0 Å². The first-order valence-electron chi connectivity index (χ1n) is 7.48. The van der Waals surface area contributed by atoms with E-state index in [9.17, 15) is 25.0 Å². The van der Waals surface area contributed by atoms with Crippen LogP contribution in [0.5, 0.6) is 0 Å². The van der Waals surface area contributed by atoms with E-state index in [1.165, 1.54) is 0 Å². The Morgan fingerprint density at radius 3 is 2.25 bits per heavy atom. The zero-order chi connectivity index (χ0) is 18.8. The summed E-state index contributed by atoms with van der Waals surface area (Å²) in [7, 11) is 0. The van der Waals surface area contributed by atoms with Gasteiger partial charge in [0.1, 0.15) is 18.3 Å². The second kappa shape index (κ2) is 10.4. The minimum atomic E-state index is -1.06. The van der Waals surface area contributed by atoms with Gasteiger partial charge in [-0.3, -0.25) is 0 Å². The van der Waals surface area contributed by atoms with Crippen molar-refractivity contribution in [2.24, 2.45) is 5.92 Å². The van der Waals surface area contributed by atoms with Gasteiger partial charge in [0.15, 0.2) is 0 Å². The molecule has 0 rings (SSSR count). The highest BCUT2D eigenvalue weighted by atomic mass is 17.0. The molecule has 0 radical (unpaired) electrons. The van der Waals surface area contributed by atoms with Gasteiger partial charge < -0.3 is 19.1 Å². The summed E-state index contributed by atoms with van der Waals surface area (Å²) >= 11 is 0. The Kier molecular flexibility index (Phi) is 9.43. The number of hydrogen-bond donors (Lipinski definition) is 0. The van der Waals surface area contributed by atoms with Crippen LogP contribution in [0.1, 0.15) is 47.0 Å². The molecule has 0 fully saturated rings. The van der Waals surface area contributed by atoms with E-state index in [1.54, 1.807) is 13.8 Å². The summed E-state index contributed by atoms with van der Waals surface area (Å²) in [6.07, 6.45) is -0.918. The van der Waals surface area contributed by atoms with Gasteiger partial charge in [0.2, 0.25) is 0 Å². The van der Waals surface area contributed by atoms with Gasteiger partial charge in [-0.1, -0.05) is 13.8 Å². The molecule has 0 aromatic carbocycles. The summed E-state index contributed by atoms with van der Waals surface area (Å²) in [4.78, 5) is 40.3. The molecule has 24 heavy (non-hydrogen) atoms. The molecule has 0 N–H and O–H groups in total. The lowest BCUT2D eigenvalue weighted by Gasteiger charge is -2.28. The van der Waals surface area contributed by atoms with Crippen LogP contribution in [-0.2, 0) is 19.1 Å². The molecule has 0 aliphatic carbocycles. The topological polar surface area (TPSA) is 140 Å². The summed E-state index contributed by atoms with van der Waals surface area (Å²) in [6, 6.07) is 0. The van der Waals surface area contributed by atoms with E-state index in [0.29, 0.717) is 12.8 Å². The smallest absolute Gasteiger partial charge is 0.434 e. The molecule has 0 amide bonds. The number of ether oxygens (including phenoxy) is 2. The van der Waals surface area contributed by atoms with Gasteiger partial charge in [-0.15, -0.1) is 20.2 Å². The van der Waals surface area contributed by atoms with Crippen LogP contribution < -0.4 is 0 Å². The molecule has 0 saturated carbocycles. The first-order valence-corrected chi connectivity index (χ1v) is 7.48. The average molecular weight is 352 g/mol. The monoisotopic (exact) mass is 352 g/mol. The van der Waals surface area contributed by atoms with Gasteiger partial charge in [0, 0.05) is 0 Å². The zero-order valence-corrected chi connectivity index (χ0v) is 14.3. The third-order valence-electron chi connectivity index (χ3n) is 3.48. The fraction of sp³-hybridized carbons (Fsp3) is 0.923. The lowest BCUT2D eigenvalue weighted by atomic mass is 9.95. The van der Waals surface area contributed by atoms with Crippen molar-refractivity contribution in [1.29, 1.82) is 0 Å². The second-order valence-electron chi connectivity index (χ2n) is 5.92. The first kappa shape index (κ1) is 21.7. The van der Waals surface area contributed by atoms with Crippen LogP contribution in [0.4, 0.5) is 4.79 Å². The van der Waals surface area contributed by atoms with Crippen LogP contribution in [0.25, 0.3) is 0 Å². The Hall–Kier alpha value is -2.33. The minimum absolute atomic E-state index is 0.0638. The summed E-state index contributed by atoms with van der Waals surface area (Å²) < 4.78 is 10.1. The van der Waals surface area contributed by atoms with Crippen molar-refractivity contribution in [2.45, 2.75) is 58.7 Å². The molecule has 1 atom stereocenters. The molecule has 0 aliphatic rings. The van der Waals surface area contributed by atoms with Crippen molar-refractivity contribution < 1.29 is 34.1 Å². The van der Waals surface area contributed by atoms with Crippen molar-refractivity contribution in [3.8, 4) is 0 Å². The molecule has 0 unspecified atom stereocenters. The predicted molar refractivity (Wildman–Crippen MR) is 80.0 cm³/mol. The molecule has 140 valence electrons. The summed E-state index contributed by atoms with van der Waals surface area (Å²) in [6.45, 7) is 6.89. The van der Waals surface area contributed by atoms with Gasteiger partial charge in [-0.25, -0.2) is 4.79 Å². The maximum Gasteiger partial charge on any atom is 0.508 e. The second-order valence-corrected chi connectivity index (χ2v) is 5.92. The molecule has 0 aliphatic heterocycles. The molecule has 11 heteroatoms. The third kappa shape index (κ3) is 10.4. The highest BCUT2D eigenvalue weighted by Gasteiger charge is 2.27. The van der Waals surface area contributed by atoms with E-state index in [0.717, 1.165) is 0 Å². The SMILES string of the molecule is CC(C)C(C)(C)OC(=O)OCCCC[C@H](CO[N+](=O)[O-])O[N+](=O)[O-]. The van der Waals surface area contributed by atoms with Crippen LogP contribution in [0, 0.1) is 26.1 Å². The Morgan fingerprint density at radius 1 is 1.12 bits per heavy atom. The van der Waals surface area contributed by atoms with Crippen molar-refractivity contribution in [3.05, 3.63) is 20.2 Å². The fourth-order valence-corrected chi connectivity index (χ4v) is 1.42. The molecule has 0 aromatic rings. The van der Waals surface area contributed by atoms with E-state index in [2.05, 4.69) is 9.68 Å². The number of rotatable bonds is 12. The Morgan fingerprint density at radius 2 is 1.75 bits per heavy atom. The Bertz CT molecular complexity index is 426. The normalized spacial score (nSPS) is 12.4. The van der Waals surface area contributed by atoms with E-state index in [4.69, 9.17) is 9.47 Å². The maximum absolute atomic E-state index is 11.5. The number of hydrogen-bond acceptors (Lipinski definition) is 9. The van der Waals surface area contributed by atoms with Gasteiger partial charge in [0.25, 0.3) is 10.2 Å². The van der Waals surface area contributed by atoms with Crippen LogP contribution >= 0.6 is 0 Å². The predicted octanol–water partition coefficient (Wildman–Crippen LogP) is 2.53. The third-order valence-corrected chi connectivity index (χ3v) is 3.48. The van der Waals surface area contributed by atoms with Crippen LogP contribution in [0.3, 0.4) is 0 Å².